The third-order valence-corrected chi connectivity index (χ3v) is 2.77. The number of rotatable bonds is 5. The summed E-state index contributed by atoms with van der Waals surface area (Å²) >= 11 is 11.6. The van der Waals surface area contributed by atoms with Crippen molar-refractivity contribution in [2.45, 2.75) is 26.3 Å². The number of hydrogen-bond acceptors (Lipinski definition) is 4. The van der Waals surface area contributed by atoms with E-state index in [4.69, 9.17) is 28.3 Å². The zero-order valence-electron chi connectivity index (χ0n) is 9.24. The summed E-state index contributed by atoms with van der Waals surface area (Å²) < 4.78 is 0. The largest absolute Gasteiger partial charge is 0.396 e. The smallest absolute Gasteiger partial charge is 0.174 e. The minimum absolute atomic E-state index is 0.125. The lowest BCUT2D eigenvalue weighted by Gasteiger charge is -2.22. The Hall–Kier alpha value is -0.580. The van der Waals surface area contributed by atoms with Gasteiger partial charge in [-0.2, -0.15) is 0 Å². The zero-order valence-corrected chi connectivity index (χ0v) is 10.8. The van der Waals surface area contributed by atoms with Gasteiger partial charge in [0, 0.05) is 18.7 Å². The molecule has 0 aromatic carbocycles. The predicted octanol–water partition coefficient (Wildman–Crippen LogP) is 2.60. The first kappa shape index (κ1) is 13.5. The topological polar surface area (TPSA) is 58.0 Å². The maximum absolute atomic E-state index is 8.96. The van der Waals surface area contributed by atoms with Gasteiger partial charge in [-0.1, -0.05) is 37.0 Å². The first-order valence-electron chi connectivity index (χ1n) is 5.10. The minimum Gasteiger partial charge on any atom is -0.396 e. The number of nitrogens with one attached hydrogen (secondary N) is 1. The van der Waals surface area contributed by atoms with Gasteiger partial charge in [0.15, 0.2) is 10.3 Å². The Balaban J connectivity index is 2.80. The van der Waals surface area contributed by atoms with Crippen LogP contribution in [0.2, 0.25) is 10.3 Å². The predicted molar refractivity (Wildman–Crippen MR) is 66.0 cm³/mol. The SMILES string of the molecule is CC(C)C(CCO)Nc1cc(Cl)nnc1Cl. The lowest BCUT2D eigenvalue weighted by molar-refractivity contribution is 0.267. The molecular formula is C10H15Cl2N3O. The number of aliphatic hydroxyl groups excluding tert-OH is 1. The highest BCUT2D eigenvalue weighted by Gasteiger charge is 2.14. The fourth-order valence-electron chi connectivity index (χ4n) is 1.37. The molecule has 0 amide bonds. The van der Waals surface area contributed by atoms with Gasteiger partial charge in [-0.05, 0) is 12.3 Å². The van der Waals surface area contributed by atoms with Crippen molar-refractivity contribution in [3.05, 3.63) is 16.4 Å². The summed E-state index contributed by atoms with van der Waals surface area (Å²) in [7, 11) is 0. The van der Waals surface area contributed by atoms with Crippen LogP contribution in [0.1, 0.15) is 20.3 Å². The van der Waals surface area contributed by atoms with E-state index in [0.717, 1.165) is 0 Å². The number of nitrogens with zero attached hydrogens (tertiary/aromatic N) is 2. The number of anilines is 1. The molecule has 6 heteroatoms. The Morgan fingerprint density at radius 2 is 2.06 bits per heavy atom. The molecule has 0 aliphatic carbocycles. The summed E-state index contributed by atoms with van der Waals surface area (Å²) in [6.07, 6.45) is 0.647. The van der Waals surface area contributed by atoms with Crippen molar-refractivity contribution >= 4 is 28.9 Å². The molecule has 0 saturated carbocycles. The first-order chi connectivity index (χ1) is 7.54. The van der Waals surface area contributed by atoms with Crippen LogP contribution in [0, 0.1) is 5.92 Å². The van der Waals surface area contributed by atoms with Crippen LogP contribution in [0.25, 0.3) is 0 Å². The number of halogens is 2. The number of aromatic nitrogens is 2. The van der Waals surface area contributed by atoms with E-state index in [0.29, 0.717) is 23.2 Å². The molecule has 0 aliphatic heterocycles. The average Bonchev–Trinajstić information content (AvgIpc) is 2.22. The van der Waals surface area contributed by atoms with Gasteiger partial charge in [0.25, 0.3) is 0 Å². The van der Waals surface area contributed by atoms with Gasteiger partial charge >= 0.3 is 0 Å². The van der Waals surface area contributed by atoms with Crippen molar-refractivity contribution in [2.75, 3.05) is 11.9 Å². The molecular weight excluding hydrogens is 249 g/mol. The Labute approximate surface area is 105 Å². The minimum atomic E-state index is 0.125. The quantitative estimate of drug-likeness (QED) is 0.858. The Bertz CT molecular complexity index is 347. The molecule has 1 rings (SSSR count). The van der Waals surface area contributed by atoms with Crippen LogP contribution in [-0.4, -0.2) is 28.0 Å². The highest BCUT2D eigenvalue weighted by molar-refractivity contribution is 6.33. The summed E-state index contributed by atoms with van der Waals surface area (Å²) in [6.45, 7) is 4.26. The lowest BCUT2D eigenvalue weighted by Crippen LogP contribution is -2.27. The van der Waals surface area contributed by atoms with Gasteiger partial charge in [-0.25, -0.2) is 0 Å². The first-order valence-corrected chi connectivity index (χ1v) is 5.86. The molecule has 0 radical (unpaired) electrons. The van der Waals surface area contributed by atoms with E-state index in [1.165, 1.54) is 0 Å². The molecule has 0 fully saturated rings. The normalized spacial score (nSPS) is 12.9. The van der Waals surface area contributed by atoms with Crippen LogP contribution in [0.15, 0.2) is 6.07 Å². The molecule has 90 valence electrons. The van der Waals surface area contributed by atoms with E-state index in [9.17, 15) is 0 Å². The van der Waals surface area contributed by atoms with Crippen LogP contribution < -0.4 is 5.32 Å². The van der Waals surface area contributed by atoms with E-state index in [-0.39, 0.29) is 17.8 Å². The molecule has 1 unspecified atom stereocenters. The Morgan fingerprint density at radius 3 is 2.62 bits per heavy atom. The highest BCUT2D eigenvalue weighted by atomic mass is 35.5. The second kappa shape index (κ2) is 6.23. The summed E-state index contributed by atoms with van der Waals surface area (Å²) in [5, 5.41) is 20.1. The van der Waals surface area contributed by atoms with Gasteiger partial charge in [-0.15, -0.1) is 10.2 Å². The van der Waals surface area contributed by atoms with Crippen LogP contribution in [0.4, 0.5) is 5.69 Å². The van der Waals surface area contributed by atoms with Gasteiger partial charge < -0.3 is 10.4 Å². The highest BCUT2D eigenvalue weighted by Crippen LogP contribution is 2.23. The maximum atomic E-state index is 8.96. The molecule has 0 aliphatic rings. The van der Waals surface area contributed by atoms with E-state index in [1.807, 2.05) is 0 Å². The van der Waals surface area contributed by atoms with E-state index in [2.05, 4.69) is 29.4 Å². The molecule has 1 aromatic rings. The Kier molecular flexibility index (Phi) is 5.25. The standard InChI is InChI=1S/C10H15Cl2N3O/c1-6(2)7(3-4-16)13-8-5-9(11)14-15-10(8)12/h5-7,16H,3-4H2,1-2H3,(H,13,14). The van der Waals surface area contributed by atoms with Gasteiger partial charge in [0.05, 0.1) is 5.69 Å². The molecule has 0 bridgehead atoms. The van der Waals surface area contributed by atoms with Gasteiger partial charge in [0.1, 0.15) is 0 Å². The van der Waals surface area contributed by atoms with E-state index in [1.54, 1.807) is 6.07 Å². The second-order valence-electron chi connectivity index (χ2n) is 3.88. The van der Waals surface area contributed by atoms with Crippen LogP contribution in [0.3, 0.4) is 0 Å². The van der Waals surface area contributed by atoms with Crippen molar-refractivity contribution in [2.24, 2.45) is 5.92 Å². The van der Waals surface area contributed by atoms with Crippen molar-refractivity contribution in [3.8, 4) is 0 Å². The Morgan fingerprint density at radius 1 is 1.38 bits per heavy atom. The summed E-state index contributed by atoms with van der Waals surface area (Å²) in [5.74, 6) is 0.371. The summed E-state index contributed by atoms with van der Waals surface area (Å²) in [6, 6.07) is 1.76. The monoisotopic (exact) mass is 263 g/mol. The molecule has 0 spiro atoms. The third kappa shape index (κ3) is 3.77. The summed E-state index contributed by atoms with van der Waals surface area (Å²) in [4.78, 5) is 0. The van der Waals surface area contributed by atoms with Crippen molar-refractivity contribution < 1.29 is 5.11 Å². The van der Waals surface area contributed by atoms with Crippen molar-refractivity contribution in [3.63, 3.8) is 0 Å². The third-order valence-electron chi connectivity index (χ3n) is 2.30. The fraction of sp³-hybridized carbons (Fsp3) is 0.600. The van der Waals surface area contributed by atoms with Crippen molar-refractivity contribution in [1.29, 1.82) is 0 Å². The fourth-order valence-corrected chi connectivity index (χ4v) is 1.66. The van der Waals surface area contributed by atoms with E-state index >= 15 is 0 Å². The molecule has 0 saturated heterocycles. The average molecular weight is 264 g/mol. The van der Waals surface area contributed by atoms with E-state index < -0.39 is 0 Å². The molecule has 4 nitrogen and oxygen atoms in total. The zero-order chi connectivity index (χ0) is 12.1. The number of hydrogen-bond donors (Lipinski definition) is 2. The molecule has 16 heavy (non-hydrogen) atoms. The maximum Gasteiger partial charge on any atom is 0.174 e. The second-order valence-corrected chi connectivity index (χ2v) is 4.62. The van der Waals surface area contributed by atoms with Crippen LogP contribution in [0.5, 0.6) is 0 Å². The lowest BCUT2D eigenvalue weighted by atomic mass is 10.0. The van der Waals surface area contributed by atoms with Crippen molar-refractivity contribution in [1.82, 2.24) is 10.2 Å². The van der Waals surface area contributed by atoms with Gasteiger partial charge in [-0.3, -0.25) is 0 Å². The molecule has 1 aromatic heterocycles. The summed E-state index contributed by atoms with van der Waals surface area (Å²) in [5.41, 5.74) is 0.647. The molecule has 1 atom stereocenters. The van der Waals surface area contributed by atoms with Gasteiger partial charge in [0.2, 0.25) is 0 Å². The number of aliphatic hydroxyl groups is 1. The molecule has 2 N–H and O–H groups in total. The molecule has 1 heterocycles. The van der Waals surface area contributed by atoms with Crippen LogP contribution in [-0.2, 0) is 0 Å². The van der Waals surface area contributed by atoms with Crippen LogP contribution >= 0.6 is 23.2 Å².